The van der Waals surface area contributed by atoms with Crippen molar-refractivity contribution in [2.75, 3.05) is 12.4 Å². The lowest BCUT2D eigenvalue weighted by Crippen LogP contribution is -2.15. The van der Waals surface area contributed by atoms with E-state index in [0.717, 1.165) is 19.2 Å². The van der Waals surface area contributed by atoms with E-state index in [2.05, 4.69) is 20.0 Å². The van der Waals surface area contributed by atoms with Gasteiger partial charge < -0.3 is 15.2 Å². The molecule has 0 amide bonds. The van der Waals surface area contributed by atoms with Gasteiger partial charge in [0.05, 0.1) is 12.7 Å². The minimum absolute atomic E-state index is 0.163. The van der Waals surface area contributed by atoms with Crippen LogP contribution in [0.15, 0.2) is 24.4 Å². The van der Waals surface area contributed by atoms with Crippen molar-refractivity contribution in [3.63, 3.8) is 0 Å². The Kier molecular flexibility index (Phi) is 4.96. The number of halogens is 6. The third-order valence-corrected chi connectivity index (χ3v) is 3.04. The number of hydrogen-bond donors (Lipinski definition) is 2. The van der Waals surface area contributed by atoms with Gasteiger partial charge in [-0.05, 0) is 12.1 Å². The molecule has 1 aromatic heterocycles. The maximum Gasteiger partial charge on any atom is 0.451 e. The molecule has 0 atom stereocenters. The van der Waals surface area contributed by atoms with Crippen molar-refractivity contribution in [3.8, 4) is 5.75 Å². The Morgan fingerprint density at radius 2 is 1.81 bits per heavy atom. The summed E-state index contributed by atoms with van der Waals surface area (Å²) >= 11 is 0. The first kappa shape index (κ1) is 19.3. The first-order chi connectivity index (χ1) is 11.9. The van der Waals surface area contributed by atoms with E-state index in [1.165, 1.54) is 0 Å². The molecule has 0 fully saturated rings. The molecule has 0 unspecified atom stereocenters. The molecule has 0 radical (unpaired) electrons. The van der Waals surface area contributed by atoms with E-state index in [-0.39, 0.29) is 5.69 Å². The Morgan fingerprint density at radius 3 is 2.31 bits per heavy atom. The largest absolute Gasteiger partial charge is 0.496 e. The topological polar surface area (TPSA) is 84.3 Å². The second kappa shape index (κ2) is 6.69. The lowest BCUT2D eigenvalue weighted by molar-refractivity contribution is -0.145. The molecule has 0 bridgehead atoms. The number of carboxylic acids is 1. The molecule has 0 spiro atoms. The molecule has 0 aliphatic carbocycles. The first-order valence-electron chi connectivity index (χ1n) is 6.63. The van der Waals surface area contributed by atoms with Crippen LogP contribution in [0.25, 0.3) is 0 Å². The molecule has 140 valence electrons. The van der Waals surface area contributed by atoms with Crippen molar-refractivity contribution in [1.29, 1.82) is 0 Å². The number of aromatic carboxylic acids is 1. The number of aromatic nitrogens is 2. The van der Waals surface area contributed by atoms with Crippen LogP contribution in [0.2, 0.25) is 0 Å². The van der Waals surface area contributed by atoms with E-state index in [1.807, 2.05) is 0 Å². The summed E-state index contributed by atoms with van der Waals surface area (Å²) < 4.78 is 81.2. The lowest BCUT2D eigenvalue weighted by atomic mass is 10.1. The Labute approximate surface area is 141 Å². The van der Waals surface area contributed by atoms with Gasteiger partial charge in [0.25, 0.3) is 0 Å². The van der Waals surface area contributed by atoms with Crippen molar-refractivity contribution in [1.82, 2.24) is 9.97 Å². The molecule has 0 aliphatic heterocycles. The fourth-order valence-corrected chi connectivity index (χ4v) is 1.91. The second-order valence-electron chi connectivity index (χ2n) is 4.80. The zero-order chi connectivity index (χ0) is 19.7. The van der Waals surface area contributed by atoms with Crippen LogP contribution in [0, 0.1) is 0 Å². The van der Waals surface area contributed by atoms with Gasteiger partial charge in [0.15, 0.2) is 0 Å². The number of alkyl halides is 6. The van der Waals surface area contributed by atoms with Gasteiger partial charge in [-0.1, -0.05) is 0 Å². The van der Waals surface area contributed by atoms with E-state index in [9.17, 15) is 31.1 Å². The van der Waals surface area contributed by atoms with E-state index in [4.69, 9.17) is 5.11 Å². The number of nitrogens with zero attached hydrogens (tertiary/aromatic N) is 2. The smallest absolute Gasteiger partial charge is 0.451 e. The Morgan fingerprint density at radius 1 is 1.15 bits per heavy atom. The molecule has 0 aliphatic rings. The Balaban J connectivity index is 2.49. The van der Waals surface area contributed by atoms with Crippen LogP contribution < -0.4 is 10.1 Å². The van der Waals surface area contributed by atoms with Crippen molar-refractivity contribution in [3.05, 3.63) is 41.3 Å². The number of carbonyl (C=O) groups is 1. The minimum Gasteiger partial charge on any atom is -0.496 e. The van der Waals surface area contributed by atoms with Crippen LogP contribution in [0.4, 0.5) is 37.8 Å². The predicted molar refractivity (Wildman–Crippen MR) is 75.3 cm³/mol. The highest BCUT2D eigenvalue weighted by atomic mass is 19.4. The summed E-state index contributed by atoms with van der Waals surface area (Å²) in [6, 6.07) is 2.38. The first-order valence-corrected chi connectivity index (χ1v) is 6.63. The minimum atomic E-state index is -4.94. The Hall–Kier alpha value is -3.05. The summed E-state index contributed by atoms with van der Waals surface area (Å²) in [7, 11) is 0.976. The van der Waals surface area contributed by atoms with Gasteiger partial charge in [-0.25, -0.2) is 14.8 Å². The maximum atomic E-state index is 12.8. The van der Waals surface area contributed by atoms with E-state index >= 15 is 0 Å². The zero-order valence-corrected chi connectivity index (χ0v) is 12.7. The van der Waals surface area contributed by atoms with Crippen molar-refractivity contribution >= 4 is 17.5 Å². The van der Waals surface area contributed by atoms with E-state index in [0.29, 0.717) is 12.3 Å². The molecule has 26 heavy (non-hydrogen) atoms. The second-order valence-corrected chi connectivity index (χ2v) is 4.80. The van der Waals surface area contributed by atoms with Gasteiger partial charge in [-0.15, -0.1) is 0 Å². The van der Waals surface area contributed by atoms with Crippen molar-refractivity contribution in [2.24, 2.45) is 0 Å². The molecule has 2 rings (SSSR count). The third kappa shape index (κ3) is 4.13. The van der Waals surface area contributed by atoms with Crippen LogP contribution >= 0.6 is 0 Å². The monoisotopic (exact) mass is 381 g/mol. The molecular weight excluding hydrogens is 372 g/mol. The highest BCUT2D eigenvalue weighted by molar-refractivity contribution is 5.93. The van der Waals surface area contributed by atoms with Crippen LogP contribution in [0.1, 0.15) is 21.7 Å². The average Bonchev–Trinajstić information content (AvgIpc) is 2.52. The zero-order valence-electron chi connectivity index (χ0n) is 12.7. The average molecular weight is 381 g/mol. The van der Waals surface area contributed by atoms with Gasteiger partial charge in [0.2, 0.25) is 5.82 Å². The summed E-state index contributed by atoms with van der Waals surface area (Å²) in [6.07, 6.45) is -9.21. The summed E-state index contributed by atoms with van der Waals surface area (Å²) in [4.78, 5) is 17.1. The van der Waals surface area contributed by atoms with Gasteiger partial charge in [0.1, 0.15) is 17.1 Å². The highest BCUT2D eigenvalue weighted by Crippen LogP contribution is 2.38. The number of carboxylic acid groups (broad SMARTS) is 1. The van der Waals surface area contributed by atoms with Crippen LogP contribution in [-0.4, -0.2) is 28.2 Å². The summed E-state index contributed by atoms with van der Waals surface area (Å²) in [6.45, 7) is 0. The van der Waals surface area contributed by atoms with Crippen LogP contribution in [-0.2, 0) is 12.4 Å². The number of anilines is 2. The fourth-order valence-electron chi connectivity index (χ4n) is 1.91. The quantitative estimate of drug-likeness (QED) is 0.780. The number of rotatable bonds is 4. The molecule has 0 saturated heterocycles. The summed E-state index contributed by atoms with van der Waals surface area (Å²) in [5.41, 5.74) is -1.97. The van der Waals surface area contributed by atoms with Crippen molar-refractivity contribution < 1.29 is 41.0 Å². The number of ether oxygens (including phenoxy) is 1. The normalized spacial score (nSPS) is 12.0. The maximum absolute atomic E-state index is 12.8. The molecule has 6 nitrogen and oxygen atoms in total. The highest BCUT2D eigenvalue weighted by Gasteiger charge is 2.36. The number of hydrogen-bond acceptors (Lipinski definition) is 5. The van der Waals surface area contributed by atoms with Gasteiger partial charge in [-0.2, -0.15) is 26.3 Å². The van der Waals surface area contributed by atoms with Gasteiger partial charge >= 0.3 is 18.3 Å². The molecular formula is C14H9F6N3O3. The molecule has 1 aromatic carbocycles. The van der Waals surface area contributed by atoms with E-state index < -0.39 is 46.8 Å². The molecule has 1 heterocycles. The third-order valence-electron chi connectivity index (χ3n) is 3.04. The van der Waals surface area contributed by atoms with E-state index in [1.54, 1.807) is 0 Å². The summed E-state index contributed by atoms with van der Waals surface area (Å²) in [5.74, 6) is -4.57. The van der Waals surface area contributed by atoms with Crippen LogP contribution in [0.5, 0.6) is 5.75 Å². The molecule has 2 N–H and O–H groups in total. The SMILES string of the molecule is COc1cc(Nc2nc(C(F)(F)F)ncc2C(=O)O)ccc1C(F)(F)F. The molecule has 2 aromatic rings. The molecule has 0 saturated carbocycles. The number of benzene rings is 1. The van der Waals surface area contributed by atoms with Gasteiger partial charge in [0, 0.05) is 18.0 Å². The summed E-state index contributed by atoms with van der Waals surface area (Å²) in [5, 5.41) is 11.3. The molecule has 12 heteroatoms. The standard InChI is InChI=1S/C14H9F6N3O3/c1-26-9-4-6(2-3-8(9)13(15,16)17)22-10-7(11(24)25)5-21-12(23-10)14(18,19)20/h2-5H,1H3,(H,24,25)(H,21,22,23). The fraction of sp³-hybridized carbons (Fsp3) is 0.214. The predicted octanol–water partition coefficient (Wildman–Crippen LogP) is 3.96. The van der Waals surface area contributed by atoms with Crippen LogP contribution in [0.3, 0.4) is 0 Å². The Bertz CT molecular complexity index is 836. The lowest BCUT2D eigenvalue weighted by Gasteiger charge is -2.15. The number of methoxy groups -OCH3 is 1. The number of nitrogens with one attached hydrogen (secondary N) is 1. The van der Waals surface area contributed by atoms with Crippen molar-refractivity contribution in [2.45, 2.75) is 12.4 Å². The van der Waals surface area contributed by atoms with Gasteiger partial charge in [-0.3, -0.25) is 0 Å².